The fourth-order valence-corrected chi connectivity index (χ4v) is 4.48. The number of aromatic nitrogens is 5. The third-order valence-electron chi connectivity index (χ3n) is 6.25. The maximum Gasteiger partial charge on any atom is 0.182 e. The maximum absolute atomic E-state index is 14.6. The maximum atomic E-state index is 14.6. The molecule has 1 saturated heterocycles. The first kappa shape index (κ1) is 19.8. The summed E-state index contributed by atoms with van der Waals surface area (Å²) in [6.07, 6.45) is 3.59. The van der Waals surface area contributed by atoms with Crippen LogP contribution in [0.5, 0.6) is 0 Å². The van der Waals surface area contributed by atoms with Gasteiger partial charge in [0.2, 0.25) is 0 Å². The van der Waals surface area contributed by atoms with Crippen molar-refractivity contribution in [1.82, 2.24) is 30.3 Å². The van der Waals surface area contributed by atoms with Crippen molar-refractivity contribution in [2.24, 2.45) is 7.05 Å². The van der Waals surface area contributed by atoms with Crippen LogP contribution in [0.1, 0.15) is 0 Å². The summed E-state index contributed by atoms with van der Waals surface area (Å²) in [5.41, 5.74) is 6.03. The second-order valence-electron chi connectivity index (χ2n) is 8.27. The minimum absolute atomic E-state index is 0.287. The fraction of sp³-hybridized carbons (Fsp3) is 0.208. The van der Waals surface area contributed by atoms with Crippen LogP contribution in [0.4, 0.5) is 14.5 Å². The Morgan fingerprint density at radius 1 is 0.970 bits per heavy atom. The van der Waals surface area contributed by atoms with Gasteiger partial charge in [0, 0.05) is 62.1 Å². The third kappa shape index (κ3) is 3.32. The Morgan fingerprint density at radius 3 is 2.67 bits per heavy atom. The van der Waals surface area contributed by atoms with Crippen molar-refractivity contribution >= 4 is 27.8 Å². The molecule has 2 aromatic carbocycles. The molecule has 0 spiro atoms. The van der Waals surface area contributed by atoms with E-state index in [9.17, 15) is 8.78 Å². The van der Waals surface area contributed by atoms with Crippen LogP contribution in [-0.4, -0.2) is 51.1 Å². The van der Waals surface area contributed by atoms with E-state index < -0.39 is 11.6 Å². The number of nitrogens with one attached hydrogen (secondary N) is 2. The fourth-order valence-electron chi connectivity index (χ4n) is 4.48. The quantitative estimate of drug-likeness (QED) is 0.441. The van der Waals surface area contributed by atoms with Crippen LogP contribution in [0.25, 0.3) is 44.3 Å². The highest BCUT2D eigenvalue weighted by molar-refractivity contribution is 5.97. The van der Waals surface area contributed by atoms with E-state index in [1.54, 1.807) is 16.9 Å². The predicted molar refractivity (Wildman–Crippen MR) is 124 cm³/mol. The number of anilines is 1. The SMILES string of the molecule is Cn1nnc2ccc(-c3c[nH]c4ncc(-c5cc(F)c(F)c(N6CCNCC6)c5)cc34)cc21. The lowest BCUT2D eigenvalue weighted by molar-refractivity contribution is 0.500. The van der Waals surface area contributed by atoms with Crippen molar-refractivity contribution in [2.45, 2.75) is 0 Å². The van der Waals surface area contributed by atoms with Crippen LogP contribution < -0.4 is 10.2 Å². The zero-order valence-corrected chi connectivity index (χ0v) is 17.9. The highest BCUT2D eigenvalue weighted by atomic mass is 19.2. The van der Waals surface area contributed by atoms with Gasteiger partial charge in [0.1, 0.15) is 11.2 Å². The zero-order valence-electron chi connectivity index (χ0n) is 17.9. The summed E-state index contributed by atoms with van der Waals surface area (Å²) in [5.74, 6) is -1.67. The highest BCUT2D eigenvalue weighted by Gasteiger charge is 2.20. The minimum Gasteiger partial charge on any atom is -0.367 e. The molecule has 3 aromatic heterocycles. The first-order valence-electron chi connectivity index (χ1n) is 10.8. The molecule has 0 amide bonds. The van der Waals surface area contributed by atoms with Crippen LogP contribution in [0.3, 0.4) is 0 Å². The van der Waals surface area contributed by atoms with Crippen molar-refractivity contribution in [1.29, 1.82) is 0 Å². The Kier molecular flexibility index (Phi) is 4.58. The summed E-state index contributed by atoms with van der Waals surface area (Å²) in [5, 5.41) is 12.3. The van der Waals surface area contributed by atoms with Gasteiger partial charge in [-0.05, 0) is 41.5 Å². The second-order valence-corrected chi connectivity index (χ2v) is 8.27. The van der Waals surface area contributed by atoms with Crippen LogP contribution in [-0.2, 0) is 7.05 Å². The van der Waals surface area contributed by atoms with E-state index in [1.807, 2.05) is 42.4 Å². The molecule has 33 heavy (non-hydrogen) atoms. The summed E-state index contributed by atoms with van der Waals surface area (Å²) in [6.45, 7) is 2.74. The van der Waals surface area contributed by atoms with Crippen molar-refractivity contribution < 1.29 is 8.78 Å². The Morgan fingerprint density at radius 2 is 1.82 bits per heavy atom. The molecule has 166 valence electrons. The molecule has 2 N–H and O–H groups in total. The van der Waals surface area contributed by atoms with Gasteiger partial charge in [-0.2, -0.15) is 0 Å². The number of aromatic amines is 1. The van der Waals surface area contributed by atoms with Gasteiger partial charge < -0.3 is 15.2 Å². The first-order chi connectivity index (χ1) is 16.1. The molecule has 0 bridgehead atoms. The predicted octanol–water partition coefficient (Wildman–Crippen LogP) is 3.87. The molecule has 1 aliphatic heterocycles. The molecular weight excluding hydrogens is 424 g/mol. The summed E-state index contributed by atoms with van der Waals surface area (Å²) < 4.78 is 30.9. The Hall–Kier alpha value is -3.85. The van der Waals surface area contributed by atoms with E-state index in [4.69, 9.17) is 0 Å². The Labute approximate surface area is 188 Å². The molecule has 5 aromatic rings. The summed E-state index contributed by atoms with van der Waals surface area (Å²) in [4.78, 5) is 9.63. The number of hydrogen-bond donors (Lipinski definition) is 2. The van der Waals surface area contributed by atoms with E-state index in [0.29, 0.717) is 18.7 Å². The molecule has 4 heterocycles. The van der Waals surface area contributed by atoms with Gasteiger partial charge in [-0.15, -0.1) is 5.10 Å². The normalized spacial score (nSPS) is 14.5. The van der Waals surface area contributed by atoms with Crippen molar-refractivity contribution in [3.63, 3.8) is 0 Å². The smallest absolute Gasteiger partial charge is 0.182 e. The summed E-state index contributed by atoms with van der Waals surface area (Å²) in [7, 11) is 1.85. The molecular formula is C24H21F2N7. The number of aryl methyl sites for hydroxylation is 1. The molecule has 7 nitrogen and oxygen atoms in total. The van der Waals surface area contributed by atoms with Gasteiger partial charge in [-0.1, -0.05) is 11.3 Å². The van der Waals surface area contributed by atoms with Crippen molar-refractivity contribution in [3.05, 3.63) is 60.4 Å². The topological polar surface area (TPSA) is 74.7 Å². The van der Waals surface area contributed by atoms with Gasteiger partial charge in [0.25, 0.3) is 0 Å². The number of hydrogen-bond acceptors (Lipinski definition) is 5. The van der Waals surface area contributed by atoms with Gasteiger partial charge in [-0.25, -0.2) is 18.4 Å². The van der Waals surface area contributed by atoms with Crippen LogP contribution >= 0.6 is 0 Å². The van der Waals surface area contributed by atoms with Gasteiger partial charge in [-0.3, -0.25) is 0 Å². The van der Waals surface area contributed by atoms with E-state index in [1.165, 1.54) is 6.07 Å². The molecule has 0 radical (unpaired) electrons. The molecule has 0 aliphatic carbocycles. The van der Waals surface area contributed by atoms with Crippen LogP contribution in [0, 0.1) is 11.6 Å². The summed E-state index contributed by atoms with van der Waals surface area (Å²) in [6, 6.07) is 10.9. The number of piperazine rings is 1. The minimum atomic E-state index is -0.857. The van der Waals surface area contributed by atoms with Crippen LogP contribution in [0.15, 0.2) is 48.8 Å². The number of nitrogens with zero attached hydrogens (tertiary/aromatic N) is 5. The second kappa shape index (κ2) is 7.63. The van der Waals surface area contributed by atoms with Crippen LogP contribution in [0.2, 0.25) is 0 Å². The van der Waals surface area contributed by atoms with Gasteiger partial charge in [0.15, 0.2) is 11.6 Å². The largest absolute Gasteiger partial charge is 0.367 e. The van der Waals surface area contributed by atoms with Gasteiger partial charge in [0.05, 0.1) is 11.2 Å². The number of rotatable bonds is 3. The molecule has 1 fully saturated rings. The van der Waals surface area contributed by atoms with E-state index in [-0.39, 0.29) is 5.69 Å². The number of pyridine rings is 1. The third-order valence-corrected chi connectivity index (χ3v) is 6.25. The number of halogens is 2. The lowest BCUT2D eigenvalue weighted by atomic mass is 10.0. The average molecular weight is 445 g/mol. The molecule has 9 heteroatoms. The Balaban J connectivity index is 1.46. The van der Waals surface area contributed by atoms with Crippen molar-refractivity contribution in [3.8, 4) is 22.3 Å². The zero-order chi connectivity index (χ0) is 22.5. The number of benzene rings is 2. The molecule has 0 saturated carbocycles. The number of fused-ring (bicyclic) bond motifs is 2. The van der Waals surface area contributed by atoms with Crippen molar-refractivity contribution in [2.75, 3.05) is 31.1 Å². The molecule has 0 unspecified atom stereocenters. The number of H-pyrrole nitrogens is 1. The average Bonchev–Trinajstić information content (AvgIpc) is 3.44. The van der Waals surface area contributed by atoms with E-state index in [0.717, 1.165) is 51.8 Å². The lowest BCUT2D eigenvalue weighted by Crippen LogP contribution is -2.44. The van der Waals surface area contributed by atoms with Gasteiger partial charge >= 0.3 is 0 Å². The lowest BCUT2D eigenvalue weighted by Gasteiger charge is -2.30. The molecule has 0 atom stereocenters. The summed E-state index contributed by atoms with van der Waals surface area (Å²) >= 11 is 0. The highest BCUT2D eigenvalue weighted by Crippen LogP contribution is 2.34. The monoisotopic (exact) mass is 445 g/mol. The Bertz CT molecular complexity index is 1500. The molecule has 6 rings (SSSR count). The molecule has 1 aliphatic rings. The van der Waals surface area contributed by atoms with E-state index >= 15 is 0 Å². The standard InChI is InChI=1S/C24H21F2N7/c1-32-21-10-14(2-3-20(21)30-31-32)18-13-29-24-17(18)8-16(12-28-24)15-9-19(25)23(26)22(11-15)33-6-4-27-5-7-33/h2-3,8-13,27H,4-7H2,1H3,(H,28,29). The van der Waals surface area contributed by atoms with E-state index in [2.05, 4.69) is 25.6 Å². The first-order valence-corrected chi connectivity index (χ1v) is 10.8.